The number of benzene rings is 1. The number of nitriles is 1. The number of nitrogens with zero attached hydrogens (tertiary/aromatic N) is 5. The monoisotopic (exact) mass is 504 g/mol. The Hall–Kier alpha value is -3.19. The molecule has 0 radical (unpaired) electrons. The topological polar surface area (TPSA) is 107 Å². The molecule has 3 atom stereocenters. The van der Waals surface area contributed by atoms with Crippen LogP contribution in [0.3, 0.4) is 0 Å². The van der Waals surface area contributed by atoms with Gasteiger partial charge in [-0.1, -0.05) is 19.9 Å². The Labute approximate surface area is 216 Å². The van der Waals surface area contributed by atoms with Crippen molar-refractivity contribution < 1.29 is 14.2 Å². The number of rotatable bonds is 6. The van der Waals surface area contributed by atoms with Crippen molar-refractivity contribution in [2.45, 2.75) is 57.7 Å². The number of ether oxygens (including phenoxy) is 1. The first-order chi connectivity index (χ1) is 17.9. The van der Waals surface area contributed by atoms with Crippen LogP contribution in [0.5, 0.6) is 0 Å². The van der Waals surface area contributed by atoms with E-state index >= 15 is 0 Å². The molecule has 37 heavy (non-hydrogen) atoms. The van der Waals surface area contributed by atoms with E-state index < -0.39 is 11.9 Å². The third-order valence-electron chi connectivity index (χ3n) is 7.31. The zero-order valence-electron chi connectivity index (χ0n) is 21.3. The second-order valence-corrected chi connectivity index (χ2v) is 10.4. The van der Waals surface area contributed by atoms with Crippen LogP contribution in [-0.4, -0.2) is 63.4 Å². The summed E-state index contributed by atoms with van der Waals surface area (Å²) in [5, 5.41) is 23.7. The van der Waals surface area contributed by atoms with E-state index in [9.17, 15) is 14.8 Å². The number of fused-ring (bicyclic) bond motifs is 1. The summed E-state index contributed by atoms with van der Waals surface area (Å²) in [5.41, 5.74) is 4.02. The lowest BCUT2D eigenvalue weighted by molar-refractivity contribution is -0.0136. The van der Waals surface area contributed by atoms with E-state index in [-0.39, 0.29) is 36.1 Å². The van der Waals surface area contributed by atoms with Gasteiger partial charge in [0.05, 0.1) is 42.5 Å². The van der Waals surface area contributed by atoms with E-state index in [0.29, 0.717) is 18.6 Å². The molecule has 0 saturated carbocycles. The molecule has 9 heteroatoms. The van der Waals surface area contributed by atoms with Crippen molar-refractivity contribution in [3.05, 3.63) is 47.5 Å². The lowest BCUT2D eigenvalue weighted by Crippen LogP contribution is -2.42. The smallest absolute Gasteiger partial charge is 0.223 e. The molecular weight excluding hydrogens is 471 g/mol. The Morgan fingerprint density at radius 1 is 1.27 bits per heavy atom. The van der Waals surface area contributed by atoms with Gasteiger partial charge in [-0.3, -0.25) is 9.88 Å². The zero-order valence-corrected chi connectivity index (χ0v) is 21.3. The number of aliphatic hydroxyl groups excluding tert-OH is 1. The number of aromatic nitrogens is 3. The summed E-state index contributed by atoms with van der Waals surface area (Å²) in [5.74, 6) is 0.0656. The van der Waals surface area contributed by atoms with E-state index in [0.717, 1.165) is 48.9 Å². The third kappa shape index (κ3) is 5.57. The molecule has 0 bridgehead atoms. The molecule has 2 aliphatic heterocycles. The number of halogens is 1. The van der Waals surface area contributed by atoms with Gasteiger partial charge in [-0.15, -0.1) is 0 Å². The van der Waals surface area contributed by atoms with Crippen molar-refractivity contribution in [1.82, 2.24) is 19.9 Å². The van der Waals surface area contributed by atoms with Crippen LogP contribution in [0, 0.1) is 23.1 Å². The van der Waals surface area contributed by atoms with Crippen LogP contribution in [0.15, 0.2) is 30.6 Å². The number of aliphatic hydroxyl groups is 1. The summed E-state index contributed by atoms with van der Waals surface area (Å²) in [4.78, 5) is 15.6. The summed E-state index contributed by atoms with van der Waals surface area (Å²) in [6.07, 6.45) is 5.03. The summed E-state index contributed by atoms with van der Waals surface area (Å²) in [6.45, 7) is 7.58. The second-order valence-electron chi connectivity index (χ2n) is 10.4. The molecule has 0 spiro atoms. The third-order valence-corrected chi connectivity index (χ3v) is 7.31. The molecule has 4 heterocycles. The highest BCUT2D eigenvalue weighted by molar-refractivity contribution is 5.88. The fourth-order valence-electron chi connectivity index (χ4n) is 5.45. The van der Waals surface area contributed by atoms with Crippen LogP contribution in [0.1, 0.15) is 50.2 Å². The molecule has 2 N–H and O–H groups in total. The Balaban J connectivity index is 1.48. The number of piperidine rings is 1. The predicted octanol–water partition coefficient (Wildman–Crippen LogP) is 4.25. The van der Waals surface area contributed by atoms with Crippen LogP contribution in [0.2, 0.25) is 0 Å². The molecule has 2 fully saturated rings. The maximum atomic E-state index is 15.0. The van der Waals surface area contributed by atoms with E-state index in [1.807, 2.05) is 24.4 Å². The van der Waals surface area contributed by atoms with Crippen molar-refractivity contribution in [1.29, 1.82) is 5.26 Å². The molecule has 2 aliphatic rings. The molecule has 194 valence electrons. The number of hydrogen-bond donors (Lipinski definition) is 2. The predicted molar refractivity (Wildman–Crippen MR) is 139 cm³/mol. The SMILES string of the molecule is CC(C)c1c(CN2CCC[C@@H](C#N)C2)cnc2ccc(-c3nc(N[C@@H]4CCOC[C@@H]4O)ncc3F)cc12. The van der Waals surface area contributed by atoms with Gasteiger partial charge < -0.3 is 15.2 Å². The molecular formula is C28H33FN6O2. The minimum Gasteiger partial charge on any atom is -0.389 e. The maximum absolute atomic E-state index is 15.0. The van der Waals surface area contributed by atoms with E-state index in [4.69, 9.17) is 9.72 Å². The zero-order chi connectivity index (χ0) is 25.9. The highest BCUT2D eigenvalue weighted by atomic mass is 19.1. The van der Waals surface area contributed by atoms with Gasteiger partial charge in [-0.2, -0.15) is 5.26 Å². The summed E-state index contributed by atoms with van der Waals surface area (Å²) in [7, 11) is 0. The molecule has 1 aromatic carbocycles. The number of anilines is 1. The molecule has 0 unspecified atom stereocenters. The van der Waals surface area contributed by atoms with Crippen molar-refractivity contribution in [3.63, 3.8) is 0 Å². The Morgan fingerprint density at radius 3 is 2.92 bits per heavy atom. The second kappa shape index (κ2) is 11.1. The minimum atomic E-state index is -0.673. The fourth-order valence-corrected chi connectivity index (χ4v) is 5.45. The van der Waals surface area contributed by atoms with Gasteiger partial charge in [-0.05, 0) is 55.0 Å². The lowest BCUT2D eigenvalue weighted by Gasteiger charge is -2.30. The first kappa shape index (κ1) is 25.5. The molecule has 2 saturated heterocycles. The molecule has 3 aromatic rings. The Morgan fingerprint density at radius 2 is 2.14 bits per heavy atom. The average Bonchev–Trinajstić information content (AvgIpc) is 2.90. The number of likely N-dealkylation sites (tertiary alicyclic amines) is 1. The summed E-state index contributed by atoms with van der Waals surface area (Å²) in [6, 6.07) is 7.87. The number of pyridine rings is 1. The summed E-state index contributed by atoms with van der Waals surface area (Å²) >= 11 is 0. The van der Waals surface area contributed by atoms with Crippen LogP contribution in [-0.2, 0) is 11.3 Å². The summed E-state index contributed by atoms with van der Waals surface area (Å²) < 4.78 is 20.2. The van der Waals surface area contributed by atoms with E-state index in [2.05, 4.69) is 40.1 Å². The molecule has 0 amide bonds. The standard InChI is InChI=1S/C28H33FN6O2/c1-17(2)26-20(15-35-8-3-4-18(11-30)14-35)12-31-23-6-5-19(10-21(23)26)27-22(29)13-32-28(34-27)33-24-7-9-37-16-25(24)36/h5-6,10,12-13,17-18,24-25,36H,3-4,7-9,14-16H2,1-2H3,(H,32,33,34)/t18-,24+,25-/m0/s1. The Bertz CT molecular complexity index is 1310. The van der Waals surface area contributed by atoms with Gasteiger partial charge in [0.1, 0.15) is 5.69 Å². The molecule has 5 rings (SSSR count). The van der Waals surface area contributed by atoms with Gasteiger partial charge in [0, 0.05) is 36.8 Å². The van der Waals surface area contributed by atoms with Gasteiger partial charge in [-0.25, -0.2) is 14.4 Å². The molecule has 2 aromatic heterocycles. The number of nitrogens with one attached hydrogen (secondary N) is 1. The fraction of sp³-hybridized carbons (Fsp3) is 0.500. The largest absolute Gasteiger partial charge is 0.389 e. The Kier molecular flexibility index (Phi) is 7.60. The van der Waals surface area contributed by atoms with Gasteiger partial charge in [0.2, 0.25) is 5.95 Å². The van der Waals surface area contributed by atoms with Crippen LogP contribution in [0.4, 0.5) is 10.3 Å². The van der Waals surface area contributed by atoms with E-state index in [1.165, 1.54) is 11.8 Å². The van der Waals surface area contributed by atoms with Crippen LogP contribution >= 0.6 is 0 Å². The number of hydrogen-bond acceptors (Lipinski definition) is 8. The highest BCUT2D eigenvalue weighted by Gasteiger charge is 2.25. The first-order valence-electron chi connectivity index (χ1n) is 13.0. The maximum Gasteiger partial charge on any atom is 0.223 e. The normalized spacial score (nSPS) is 22.8. The van der Waals surface area contributed by atoms with Gasteiger partial charge in [0.15, 0.2) is 5.82 Å². The molecule has 8 nitrogen and oxygen atoms in total. The van der Waals surface area contributed by atoms with E-state index in [1.54, 1.807) is 0 Å². The van der Waals surface area contributed by atoms with Crippen molar-refractivity contribution in [2.24, 2.45) is 5.92 Å². The molecule has 0 aliphatic carbocycles. The van der Waals surface area contributed by atoms with Crippen molar-refractivity contribution in [2.75, 3.05) is 31.6 Å². The first-order valence-corrected chi connectivity index (χ1v) is 13.0. The highest BCUT2D eigenvalue weighted by Crippen LogP contribution is 2.33. The van der Waals surface area contributed by atoms with Crippen molar-refractivity contribution in [3.8, 4) is 17.3 Å². The van der Waals surface area contributed by atoms with Crippen LogP contribution < -0.4 is 5.32 Å². The average molecular weight is 505 g/mol. The van der Waals surface area contributed by atoms with Crippen LogP contribution in [0.25, 0.3) is 22.2 Å². The van der Waals surface area contributed by atoms with Crippen molar-refractivity contribution >= 4 is 16.9 Å². The lowest BCUT2D eigenvalue weighted by atomic mass is 9.91. The minimum absolute atomic E-state index is 0.0714. The van der Waals surface area contributed by atoms with Gasteiger partial charge in [0.25, 0.3) is 0 Å². The quantitative estimate of drug-likeness (QED) is 0.513. The van der Waals surface area contributed by atoms with Gasteiger partial charge >= 0.3 is 0 Å².